The first-order valence-electron chi connectivity index (χ1n) is 6.40. The molecule has 1 amide bonds. The van der Waals surface area contributed by atoms with E-state index in [1.54, 1.807) is 0 Å². The summed E-state index contributed by atoms with van der Waals surface area (Å²) in [6.07, 6.45) is 2.26. The van der Waals surface area contributed by atoms with Gasteiger partial charge in [-0.2, -0.15) is 0 Å². The molecule has 116 valence electrons. The smallest absolute Gasteiger partial charge is 0.305 e. The van der Waals surface area contributed by atoms with Crippen molar-refractivity contribution in [2.24, 2.45) is 11.7 Å². The number of nitrogens with one attached hydrogen (secondary N) is 1. The maximum Gasteiger partial charge on any atom is 0.305 e. The van der Waals surface area contributed by atoms with E-state index in [1.165, 1.54) is 4.90 Å². The van der Waals surface area contributed by atoms with Crippen molar-refractivity contribution in [3.8, 4) is 0 Å². The summed E-state index contributed by atoms with van der Waals surface area (Å²) in [6, 6.07) is -1.05. The monoisotopic (exact) mass is 307 g/mol. The molecule has 0 spiro atoms. The Balaban J connectivity index is 2.51. The second kappa shape index (κ2) is 7.00. The standard InChI is InChI=1S/C11H21N3O5S/c1-20(18,19)13-6-8-3-2-4-14(7-8)11(17)9(12)5-10(15)16/h8-9,13H,2-7,12H2,1H3,(H,15,16). The predicted molar refractivity (Wildman–Crippen MR) is 72.4 cm³/mol. The quantitative estimate of drug-likeness (QED) is 0.552. The van der Waals surface area contributed by atoms with Crippen LogP contribution in [0.1, 0.15) is 19.3 Å². The first-order chi connectivity index (χ1) is 9.19. The lowest BCUT2D eigenvalue weighted by Gasteiger charge is -2.34. The molecule has 2 unspecified atom stereocenters. The van der Waals surface area contributed by atoms with Crippen molar-refractivity contribution in [3.05, 3.63) is 0 Å². The van der Waals surface area contributed by atoms with Gasteiger partial charge in [-0.15, -0.1) is 0 Å². The summed E-state index contributed by atoms with van der Waals surface area (Å²) in [5.41, 5.74) is 5.55. The highest BCUT2D eigenvalue weighted by Gasteiger charge is 2.28. The molecule has 1 fully saturated rings. The number of amides is 1. The lowest BCUT2D eigenvalue weighted by Crippen LogP contribution is -2.50. The fourth-order valence-electron chi connectivity index (χ4n) is 2.21. The molecule has 1 saturated heterocycles. The molecule has 1 aliphatic heterocycles. The number of carbonyl (C=O) groups excluding carboxylic acids is 1. The zero-order valence-corrected chi connectivity index (χ0v) is 12.2. The van der Waals surface area contributed by atoms with E-state index in [0.29, 0.717) is 13.1 Å². The molecule has 0 aliphatic carbocycles. The molecule has 1 heterocycles. The predicted octanol–water partition coefficient (Wildman–Crippen LogP) is -1.42. The molecule has 0 aromatic heterocycles. The molecule has 1 rings (SSSR count). The van der Waals surface area contributed by atoms with Crippen LogP contribution in [0, 0.1) is 5.92 Å². The van der Waals surface area contributed by atoms with Crippen LogP contribution < -0.4 is 10.5 Å². The number of carboxylic acids is 1. The summed E-state index contributed by atoms with van der Waals surface area (Å²) in [5.74, 6) is -1.48. The SMILES string of the molecule is CS(=O)(=O)NCC1CCCN(C(=O)C(N)CC(=O)O)C1. The third kappa shape index (κ3) is 5.85. The molecule has 8 nitrogen and oxygen atoms in total. The maximum absolute atomic E-state index is 12.0. The maximum atomic E-state index is 12.0. The number of carboxylic acid groups (broad SMARTS) is 1. The van der Waals surface area contributed by atoms with Crippen molar-refractivity contribution in [2.45, 2.75) is 25.3 Å². The van der Waals surface area contributed by atoms with E-state index in [4.69, 9.17) is 10.8 Å². The molecule has 9 heteroatoms. The highest BCUT2D eigenvalue weighted by atomic mass is 32.2. The van der Waals surface area contributed by atoms with Crippen molar-refractivity contribution in [1.29, 1.82) is 0 Å². The molecule has 0 aromatic carbocycles. The average molecular weight is 307 g/mol. The van der Waals surface area contributed by atoms with Crippen molar-refractivity contribution in [1.82, 2.24) is 9.62 Å². The van der Waals surface area contributed by atoms with Crippen LogP contribution in [0.3, 0.4) is 0 Å². The molecule has 0 saturated carbocycles. The van der Waals surface area contributed by atoms with Gasteiger partial charge in [-0.1, -0.05) is 0 Å². The van der Waals surface area contributed by atoms with Crippen LogP contribution in [0.4, 0.5) is 0 Å². The summed E-state index contributed by atoms with van der Waals surface area (Å²) >= 11 is 0. The first-order valence-corrected chi connectivity index (χ1v) is 8.29. The number of aliphatic carboxylic acids is 1. The van der Waals surface area contributed by atoms with E-state index in [2.05, 4.69) is 4.72 Å². The second-order valence-corrected chi connectivity index (χ2v) is 6.95. The van der Waals surface area contributed by atoms with Crippen LogP contribution in [-0.4, -0.2) is 62.2 Å². The Morgan fingerprint density at radius 1 is 1.50 bits per heavy atom. The number of nitrogens with zero attached hydrogens (tertiary/aromatic N) is 1. The number of carbonyl (C=O) groups is 2. The van der Waals surface area contributed by atoms with Crippen molar-refractivity contribution in [2.75, 3.05) is 25.9 Å². The Morgan fingerprint density at radius 2 is 2.15 bits per heavy atom. The van der Waals surface area contributed by atoms with Crippen LogP contribution in [0.5, 0.6) is 0 Å². The molecule has 1 aliphatic rings. The number of hydrogen-bond acceptors (Lipinski definition) is 5. The Morgan fingerprint density at radius 3 is 2.70 bits per heavy atom. The minimum Gasteiger partial charge on any atom is -0.481 e. The van der Waals surface area contributed by atoms with E-state index >= 15 is 0 Å². The third-order valence-electron chi connectivity index (χ3n) is 3.18. The van der Waals surface area contributed by atoms with Gasteiger partial charge in [0.25, 0.3) is 0 Å². The molecule has 0 aromatic rings. The van der Waals surface area contributed by atoms with Gasteiger partial charge in [0, 0.05) is 19.6 Å². The topological polar surface area (TPSA) is 130 Å². The van der Waals surface area contributed by atoms with Gasteiger partial charge in [-0.3, -0.25) is 9.59 Å². The number of piperidine rings is 1. The number of rotatable bonds is 6. The minimum atomic E-state index is -3.25. The highest BCUT2D eigenvalue weighted by Crippen LogP contribution is 2.17. The van der Waals surface area contributed by atoms with Gasteiger partial charge < -0.3 is 15.7 Å². The lowest BCUT2D eigenvalue weighted by molar-refractivity contribution is -0.142. The summed E-state index contributed by atoms with van der Waals surface area (Å²) in [5, 5.41) is 8.63. The van der Waals surface area contributed by atoms with E-state index in [0.717, 1.165) is 19.1 Å². The van der Waals surface area contributed by atoms with Crippen molar-refractivity contribution in [3.63, 3.8) is 0 Å². The Labute approximate surface area is 118 Å². The molecule has 4 N–H and O–H groups in total. The van der Waals surface area contributed by atoms with Gasteiger partial charge in [0.15, 0.2) is 0 Å². The highest BCUT2D eigenvalue weighted by molar-refractivity contribution is 7.88. The van der Waals surface area contributed by atoms with E-state index in [-0.39, 0.29) is 12.5 Å². The summed E-state index contributed by atoms with van der Waals surface area (Å²) in [7, 11) is -3.25. The molecule has 2 atom stereocenters. The van der Waals surface area contributed by atoms with Gasteiger partial charge in [-0.25, -0.2) is 13.1 Å². The number of likely N-dealkylation sites (tertiary alicyclic amines) is 1. The summed E-state index contributed by atoms with van der Waals surface area (Å²) in [6.45, 7) is 1.20. The van der Waals surface area contributed by atoms with Crippen LogP contribution in [0.15, 0.2) is 0 Å². The fourth-order valence-corrected chi connectivity index (χ4v) is 2.75. The average Bonchev–Trinajstić information content (AvgIpc) is 2.34. The number of sulfonamides is 1. The minimum absolute atomic E-state index is 0.0273. The number of nitrogens with two attached hydrogens (primary N) is 1. The summed E-state index contributed by atoms with van der Waals surface area (Å²) in [4.78, 5) is 24.0. The van der Waals surface area contributed by atoms with Gasteiger partial charge in [-0.05, 0) is 18.8 Å². The second-order valence-electron chi connectivity index (χ2n) is 5.12. The first kappa shape index (κ1) is 16.9. The van der Waals surface area contributed by atoms with Gasteiger partial charge in [0.05, 0.1) is 18.7 Å². The zero-order valence-electron chi connectivity index (χ0n) is 11.4. The largest absolute Gasteiger partial charge is 0.481 e. The molecule has 0 bridgehead atoms. The molecule has 20 heavy (non-hydrogen) atoms. The van der Waals surface area contributed by atoms with Crippen molar-refractivity contribution < 1.29 is 23.1 Å². The third-order valence-corrected chi connectivity index (χ3v) is 3.87. The van der Waals surface area contributed by atoms with Crippen molar-refractivity contribution >= 4 is 21.9 Å². The Bertz CT molecular complexity index is 465. The van der Waals surface area contributed by atoms with E-state index in [9.17, 15) is 18.0 Å². The summed E-state index contributed by atoms with van der Waals surface area (Å²) < 4.78 is 24.5. The Kier molecular flexibility index (Phi) is 5.90. The lowest BCUT2D eigenvalue weighted by atomic mass is 9.97. The van der Waals surface area contributed by atoms with Gasteiger partial charge in [0.2, 0.25) is 15.9 Å². The van der Waals surface area contributed by atoms with Gasteiger partial charge in [0.1, 0.15) is 0 Å². The molecular formula is C11H21N3O5S. The normalized spacial score (nSPS) is 21.5. The van der Waals surface area contributed by atoms with Crippen LogP contribution in [-0.2, 0) is 19.6 Å². The van der Waals surface area contributed by atoms with Crippen LogP contribution in [0.25, 0.3) is 0 Å². The molecular weight excluding hydrogens is 286 g/mol. The Hall–Kier alpha value is -1.19. The van der Waals surface area contributed by atoms with Gasteiger partial charge >= 0.3 is 5.97 Å². The van der Waals surface area contributed by atoms with Crippen LogP contribution in [0.2, 0.25) is 0 Å². The number of hydrogen-bond donors (Lipinski definition) is 3. The zero-order chi connectivity index (χ0) is 15.3. The van der Waals surface area contributed by atoms with E-state index in [1.807, 2.05) is 0 Å². The van der Waals surface area contributed by atoms with E-state index < -0.39 is 34.4 Å². The molecule has 0 radical (unpaired) electrons. The fraction of sp³-hybridized carbons (Fsp3) is 0.818. The van der Waals surface area contributed by atoms with Crippen LogP contribution >= 0.6 is 0 Å².